The van der Waals surface area contributed by atoms with Crippen molar-refractivity contribution >= 4 is 28.8 Å². The molecule has 234 valence electrons. The van der Waals surface area contributed by atoms with Crippen molar-refractivity contribution in [3.63, 3.8) is 0 Å². The Morgan fingerprint density at radius 1 is 0.956 bits per heavy atom. The number of methoxy groups -OCH3 is 1. The fourth-order valence-electron chi connectivity index (χ4n) is 6.74. The highest BCUT2D eigenvalue weighted by Crippen LogP contribution is 2.36. The largest absolute Gasteiger partial charge is 0.465 e. The lowest BCUT2D eigenvalue weighted by Crippen LogP contribution is -2.53. The molecule has 0 bridgehead atoms. The Bertz CT molecular complexity index is 1790. The number of hydrogen-bond donors (Lipinski definition) is 1. The van der Waals surface area contributed by atoms with Gasteiger partial charge in [-0.3, -0.25) is 19.0 Å². The van der Waals surface area contributed by atoms with Gasteiger partial charge in [-0.2, -0.15) is 0 Å². The van der Waals surface area contributed by atoms with Crippen molar-refractivity contribution < 1.29 is 24.2 Å². The third-order valence-corrected chi connectivity index (χ3v) is 9.33. The van der Waals surface area contributed by atoms with E-state index < -0.39 is 11.6 Å². The predicted octanol–water partition coefficient (Wildman–Crippen LogP) is 2.82. The van der Waals surface area contributed by atoms with Crippen LogP contribution in [-0.2, 0) is 23.1 Å². The summed E-state index contributed by atoms with van der Waals surface area (Å²) in [5.41, 5.74) is 0.697. The number of esters is 1. The monoisotopic (exact) mass is 611 g/mol. The van der Waals surface area contributed by atoms with E-state index in [0.29, 0.717) is 56.5 Å². The molecule has 2 saturated heterocycles. The minimum atomic E-state index is -1.15. The van der Waals surface area contributed by atoms with Gasteiger partial charge >= 0.3 is 5.97 Å². The standard InChI is InChI=1S/C34H37N5O6/c1-36-16-12-27-29(36)35-22-39(32(27)42)21-34(44)14-18-37(19-15-34)30(40)25-13-17-38(20-28(25)23-8-4-3-5-9-23)31(41)24-10-6-7-11-26(24)33(43)45-2/h3-12,16,22,25,28,44H,13-15,17-21H2,1-2H3/t25-,28+/m1/s1. The van der Waals surface area contributed by atoms with Crippen molar-refractivity contribution in [2.24, 2.45) is 13.0 Å². The van der Waals surface area contributed by atoms with Crippen LogP contribution in [0.2, 0.25) is 0 Å². The molecule has 4 aromatic rings. The number of fused-ring (bicyclic) bond motifs is 1. The van der Waals surface area contributed by atoms with Crippen LogP contribution in [0.4, 0.5) is 0 Å². The minimum absolute atomic E-state index is 0.00231. The number of ether oxygens (including phenoxy) is 1. The molecule has 0 saturated carbocycles. The number of hydrogen-bond acceptors (Lipinski definition) is 7. The summed E-state index contributed by atoms with van der Waals surface area (Å²) < 4.78 is 8.13. The fraction of sp³-hybridized carbons (Fsp3) is 0.382. The average molecular weight is 612 g/mol. The summed E-state index contributed by atoms with van der Waals surface area (Å²) in [5, 5.41) is 11.9. The molecule has 2 aromatic heterocycles. The molecule has 1 N–H and O–H groups in total. The second-order valence-corrected chi connectivity index (χ2v) is 12.1. The highest BCUT2D eigenvalue weighted by atomic mass is 16.5. The molecule has 0 spiro atoms. The number of rotatable bonds is 6. The first-order valence-electron chi connectivity index (χ1n) is 15.2. The van der Waals surface area contributed by atoms with Crippen molar-refractivity contribution in [3.05, 3.63) is 100 Å². The second kappa shape index (κ2) is 12.3. The molecule has 0 aliphatic carbocycles. The van der Waals surface area contributed by atoms with Crippen LogP contribution in [0.1, 0.15) is 51.5 Å². The third kappa shape index (κ3) is 5.87. The van der Waals surface area contributed by atoms with Crippen LogP contribution in [0.5, 0.6) is 0 Å². The Hall–Kier alpha value is -4.77. The van der Waals surface area contributed by atoms with Crippen LogP contribution in [0.25, 0.3) is 11.0 Å². The lowest BCUT2D eigenvalue weighted by atomic mass is 9.79. The van der Waals surface area contributed by atoms with Crippen LogP contribution in [0, 0.1) is 5.92 Å². The Kier molecular flexibility index (Phi) is 8.28. The van der Waals surface area contributed by atoms with Crippen molar-refractivity contribution in [2.75, 3.05) is 33.3 Å². The summed E-state index contributed by atoms with van der Waals surface area (Å²) in [6, 6.07) is 18.1. The molecule has 2 fully saturated rings. The molecule has 45 heavy (non-hydrogen) atoms. The van der Waals surface area contributed by atoms with Gasteiger partial charge in [0.05, 0.1) is 35.8 Å². The Morgan fingerprint density at radius 2 is 1.64 bits per heavy atom. The molecular formula is C34H37N5O6. The maximum atomic E-state index is 14.1. The van der Waals surface area contributed by atoms with E-state index in [-0.39, 0.29) is 46.9 Å². The van der Waals surface area contributed by atoms with Crippen LogP contribution >= 0.6 is 0 Å². The van der Waals surface area contributed by atoms with Crippen LogP contribution in [0.3, 0.4) is 0 Å². The van der Waals surface area contributed by atoms with Crippen molar-refractivity contribution in [2.45, 2.75) is 37.3 Å². The normalized spacial score (nSPS) is 19.8. The molecule has 4 heterocycles. The molecule has 11 heteroatoms. The number of carbonyl (C=O) groups excluding carboxylic acids is 3. The first-order chi connectivity index (χ1) is 21.7. The van der Waals surface area contributed by atoms with Gasteiger partial charge in [-0.25, -0.2) is 9.78 Å². The van der Waals surface area contributed by atoms with E-state index in [9.17, 15) is 24.3 Å². The second-order valence-electron chi connectivity index (χ2n) is 12.1. The molecule has 2 aliphatic heterocycles. The third-order valence-electron chi connectivity index (χ3n) is 9.33. The summed E-state index contributed by atoms with van der Waals surface area (Å²) in [6.07, 6.45) is 4.38. The molecule has 2 amide bonds. The summed E-state index contributed by atoms with van der Waals surface area (Å²) in [7, 11) is 3.11. The van der Waals surface area contributed by atoms with Gasteiger partial charge in [0.2, 0.25) is 5.91 Å². The minimum Gasteiger partial charge on any atom is -0.465 e. The molecule has 11 nitrogen and oxygen atoms in total. The van der Waals surface area contributed by atoms with Crippen LogP contribution in [-0.4, -0.2) is 85.7 Å². The maximum Gasteiger partial charge on any atom is 0.338 e. The number of likely N-dealkylation sites (tertiary alicyclic amines) is 2. The molecule has 2 aliphatic rings. The molecule has 2 aromatic carbocycles. The van der Waals surface area contributed by atoms with E-state index in [0.717, 1.165) is 5.56 Å². The summed E-state index contributed by atoms with van der Waals surface area (Å²) in [5.74, 6) is -1.45. The molecule has 2 atom stereocenters. The SMILES string of the molecule is COC(=O)c1ccccc1C(=O)N1CC[C@@H](C(=O)N2CCC(O)(Cn3cnc4c(ccn4C)c3=O)CC2)[C@H](c2ccccc2)C1. The Balaban J connectivity index is 1.17. The number of nitrogens with zero attached hydrogens (tertiary/aromatic N) is 5. The highest BCUT2D eigenvalue weighted by molar-refractivity contribution is 6.05. The maximum absolute atomic E-state index is 14.1. The van der Waals surface area contributed by atoms with Gasteiger partial charge < -0.3 is 24.2 Å². The molecule has 0 radical (unpaired) electrons. The lowest BCUT2D eigenvalue weighted by Gasteiger charge is -2.43. The zero-order valence-electron chi connectivity index (χ0n) is 25.5. The van der Waals surface area contributed by atoms with E-state index in [2.05, 4.69) is 4.98 Å². The fourth-order valence-corrected chi connectivity index (χ4v) is 6.74. The van der Waals surface area contributed by atoms with Gasteiger partial charge in [-0.15, -0.1) is 0 Å². The van der Waals surface area contributed by atoms with E-state index in [1.165, 1.54) is 18.0 Å². The van der Waals surface area contributed by atoms with Crippen molar-refractivity contribution in [3.8, 4) is 0 Å². The molecular weight excluding hydrogens is 574 g/mol. The van der Waals surface area contributed by atoms with Crippen molar-refractivity contribution in [1.29, 1.82) is 0 Å². The van der Waals surface area contributed by atoms with Crippen LogP contribution < -0.4 is 5.56 Å². The quantitative estimate of drug-likeness (QED) is 0.332. The van der Waals surface area contributed by atoms with Crippen LogP contribution in [0.15, 0.2) is 78.0 Å². The first-order valence-corrected chi connectivity index (χ1v) is 15.2. The lowest BCUT2D eigenvalue weighted by molar-refractivity contribution is -0.142. The van der Waals surface area contributed by atoms with Crippen molar-refractivity contribution in [1.82, 2.24) is 23.9 Å². The number of benzene rings is 2. The van der Waals surface area contributed by atoms with Gasteiger partial charge in [-0.05, 0) is 43.0 Å². The number of piperidine rings is 2. The summed E-state index contributed by atoms with van der Waals surface area (Å²) in [6.45, 7) is 1.51. The summed E-state index contributed by atoms with van der Waals surface area (Å²) >= 11 is 0. The Morgan fingerprint density at radius 3 is 2.36 bits per heavy atom. The predicted molar refractivity (Wildman–Crippen MR) is 167 cm³/mol. The van der Waals surface area contributed by atoms with Gasteiger partial charge in [0.25, 0.3) is 11.5 Å². The smallest absolute Gasteiger partial charge is 0.338 e. The highest BCUT2D eigenvalue weighted by Gasteiger charge is 2.42. The van der Waals surface area contributed by atoms with Gasteiger partial charge in [0.15, 0.2) is 0 Å². The average Bonchev–Trinajstić information content (AvgIpc) is 3.46. The van der Waals surface area contributed by atoms with E-state index in [1.54, 1.807) is 50.9 Å². The topological polar surface area (TPSA) is 127 Å². The number of aryl methyl sites for hydroxylation is 1. The summed E-state index contributed by atoms with van der Waals surface area (Å²) in [4.78, 5) is 61.0. The first kappa shape index (κ1) is 30.3. The number of amides is 2. The van der Waals surface area contributed by atoms with E-state index in [4.69, 9.17) is 4.74 Å². The van der Waals surface area contributed by atoms with Gasteiger partial charge in [-0.1, -0.05) is 42.5 Å². The molecule has 0 unspecified atom stereocenters. The number of aliphatic hydroxyl groups is 1. The zero-order valence-corrected chi connectivity index (χ0v) is 25.5. The molecule has 6 rings (SSSR count). The number of aromatic nitrogens is 3. The van der Waals surface area contributed by atoms with Gasteiger partial charge in [0.1, 0.15) is 12.0 Å². The Labute approximate surface area is 260 Å². The zero-order chi connectivity index (χ0) is 31.7. The van der Waals surface area contributed by atoms with Gasteiger partial charge in [0, 0.05) is 51.3 Å². The van der Waals surface area contributed by atoms with E-state index in [1.807, 2.05) is 37.4 Å². The van der Waals surface area contributed by atoms with E-state index >= 15 is 0 Å². The number of carbonyl (C=O) groups is 3.